The first-order valence-corrected chi connectivity index (χ1v) is 9.47. The van der Waals surface area contributed by atoms with Crippen molar-refractivity contribution in [1.29, 1.82) is 0 Å². The summed E-state index contributed by atoms with van der Waals surface area (Å²) in [6.45, 7) is 0.639. The number of nitrogens with zero attached hydrogens (tertiary/aromatic N) is 1. The summed E-state index contributed by atoms with van der Waals surface area (Å²) in [5.74, 6) is 0.816. The zero-order valence-corrected chi connectivity index (χ0v) is 13.7. The highest BCUT2D eigenvalue weighted by atomic mass is 32.2. The quantitative estimate of drug-likeness (QED) is 0.474. The lowest BCUT2D eigenvalue weighted by Gasteiger charge is -2.09. The molecule has 0 aromatic heterocycles. The van der Waals surface area contributed by atoms with Crippen molar-refractivity contribution in [2.75, 3.05) is 23.9 Å². The summed E-state index contributed by atoms with van der Waals surface area (Å²) in [7, 11) is -3.34. The molecule has 2 aromatic carbocycles. The van der Waals surface area contributed by atoms with E-state index in [1.807, 2.05) is 30.3 Å². The predicted octanol–water partition coefficient (Wildman–Crippen LogP) is 3.69. The molecule has 116 valence electrons. The summed E-state index contributed by atoms with van der Waals surface area (Å²) in [6, 6.07) is 14.3. The van der Waals surface area contributed by atoms with E-state index in [1.54, 1.807) is 17.8 Å². The lowest BCUT2D eigenvalue weighted by atomic mass is 10.2. The van der Waals surface area contributed by atoms with Crippen LogP contribution in [-0.2, 0) is 9.84 Å². The molecule has 1 N–H and O–H groups in total. The zero-order valence-electron chi connectivity index (χ0n) is 12.0. The van der Waals surface area contributed by atoms with Gasteiger partial charge in [0, 0.05) is 23.4 Å². The zero-order chi connectivity index (χ0) is 16.0. The molecule has 0 spiro atoms. The van der Waals surface area contributed by atoms with E-state index in [1.165, 1.54) is 17.0 Å². The first-order chi connectivity index (χ1) is 10.5. The molecule has 0 heterocycles. The number of hydrogen-bond donors (Lipinski definition) is 1. The Bertz CT molecular complexity index is 747. The van der Waals surface area contributed by atoms with E-state index in [9.17, 15) is 13.3 Å². The van der Waals surface area contributed by atoms with Gasteiger partial charge in [-0.15, -0.1) is 16.7 Å². The van der Waals surface area contributed by atoms with Crippen LogP contribution in [0.15, 0.2) is 63.5 Å². The predicted molar refractivity (Wildman–Crippen MR) is 90.7 cm³/mol. The molecule has 2 rings (SSSR count). The number of thioether (sulfide) groups is 1. The number of nitrogens with one attached hydrogen (secondary N) is 1. The topological polar surface area (TPSA) is 75.6 Å². The summed E-state index contributed by atoms with van der Waals surface area (Å²) in [6.07, 6.45) is 1.10. The van der Waals surface area contributed by atoms with Crippen molar-refractivity contribution in [2.45, 2.75) is 9.79 Å². The highest BCUT2D eigenvalue weighted by molar-refractivity contribution is 7.99. The molecule has 0 aliphatic carbocycles. The van der Waals surface area contributed by atoms with Crippen LogP contribution in [0, 0.1) is 4.91 Å². The van der Waals surface area contributed by atoms with Gasteiger partial charge in [0.1, 0.15) is 5.69 Å². The van der Waals surface area contributed by atoms with Crippen molar-refractivity contribution in [3.05, 3.63) is 53.4 Å². The molecule has 0 saturated carbocycles. The van der Waals surface area contributed by atoms with Crippen LogP contribution in [-0.4, -0.2) is 27.0 Å². The van der Waals surface area contributed by atoms with Crippen LogP contribution >= 0.6 is 11.8 Å². The number of anilines is 1. The monoisotopic (exact) mass is 336 g/mol. The average molecular weight is 336 g/mol. The third kappa shape index (κ3) is 4.57. The molecule has 0 atom stereocenters. The highest BCUT2D eigenvalue weighted by Gasteiger charge is 2.11. The van der Waals surface area contributed by atoms with Crippen molar-refractivity contribution in [3.63, 3.8) is 0 Å². The highest BCUT2D eigenvalue weighted by Crippen LogP contribution is 2.28. The fourth-order valence-corrected chi connectivity index (χ4v) is 3.27. The van der Waals surface area contributed by atoms with Gasteiger partial charge >= 0.3 is 0 Å². The Balaban J connectivity index is 1.97. The minimum Gasteiger partial charge on any atom is -0.382 e. The molecule has 0 saturated heterocycles. The lowest BCUT2D eigenvalue weighted by molar-refractivity contribution is 0.602. The minimum atomic E-state index is -3.34. The van der Waals surface area contributed by atoms with Crippen LogP contribution in [0.25, 0.3) is 0 Å². The van der Waals surface area contributed by atoms with E-state index in [-0.39, 0.29) is 10.6 Å². The number of nitroso groups, excluding NO2 is 1. The van der Waals surface area contributed by atoms with Gasteiger partial charge in [0.05, 0.1) is 10.6 Å². The summed E-state index contributed by atoms with van der Waals surface area (Å²) < 4.78 is 22.9. The Morgan fingerprint density at radius 3 is 2.50 bits per heavy atom. The Hall–Kier alpha value is -1.86. The summed E-state index contributed by atoms with van der Waals surface area (Å²) in [5, 5.41) is 6.00. The van der Waals surface area contributed by atoms with Crippen molar-refractivity contribution in [3.8, 4) is 0 Å². The largest absolute Gasteiger partial charge is 0.382 e. The summed E-state index contributed by atoms with van der Waals surface area (Å²) >= 11 is 1.69. The van der Waals surface area contributed by atoms with Gasteiger partial charge in [0.15, 0.2) is 9.84 Å². The Morgan fingerprint density at radius 2 is 1.86 bits per heavy atom. The molecular weight excluding hydrogens is 320 g/mol. The van der Waals surface area contributed by atoms with Crippen LogP contribution in [0.1, 0.15) is 0 Å². The Labute approximate surface area is 134 Å². The van der Waals surface area contributed by atoms with E-state index in [0.717, 1.165) is 12.0 Å². The SMILES string of the molecule is CS(=O)(=O)c1ccc(NCCSc2ccccc2)c(N=O)c1. The number of benzene rings is 2. The van der Waals surface area contributed by atoms with Crippen molar-refractivity contribution in [2.24, 2.45) is 5.18 Å². The first-order valence-electron chi connectivity index (χ1n) is 6.60. The second kappa shape index (κ2) is 7.42. The Morgan fingerprint density at radius 1 is 1.14 bits per heavy atom. The van der Waals surface area contributed by atoms with Gasteiger partial charge in [-0.1, -0.05) is 18.2 Å². The van der Waals surface area contributed by atoms with Crippen LogP contribution in [0.3, 0.4) is 0 Å². The maximum absolute atomic E-state index is 11.5. The molecule has 0 radical (unpaired) electrons. The van der Waals surface area contributed by atoms with Crippen LogP contribution in [0.2, 0.25) is 0 Å². The van der Waals surface area contributed by atoms with E-state index in [2.05, 4.69) is 10.5 Å². The smallest absolute Gasteiger partial charge is 0.175 e. The van der Waals surface area contributed by atoms with Gasteiger partial charge in [-0.3, -0.25) is 0 Å². The molecule has 0 fully saturated rings. The maximum Gasteiger partial charge on any atom is 0.175 e. The summed E-state index contributed by atoms with van der Waals surface area (Å²) in [5.41, 5.74) is 0.642. The third-order valence-electron chi connectivity index (χ3n) is 2.93. The van der Waals surface area contributed by atoms with E-state index in [0.29, 0.717) is 12.2 Å². The lowest BCUT2D eigenvalue weighted by Crippen LogP contribution is -2.05. The normalized spacial score (nSPS) is 11.1. The number of sulfone groups is 1. The number of hydrogen-bond acceptors (Lipinski definition) is 6. The fraction of sp³-hybridized carbons (Fsp3) is 0.200. The first kappa shape index (κ1) is 16.5. The second-order valence-corrected chi connectivity index (χ2v) is 7.81. The summed E-state index contributed by atoms with van der Waals surface area (Å²) in [4.78, 5) is 12.1. The maximum atomic E-state index is 11.5. The molecule has 0 amide bonds. The van der Waals surface area contributed by atoms with Gasteiger partial charge in [0.25, 0.3) is 0 Å². The molecule has 22 heavy (non-hydrogen) atoms. The van der Waals surface area contributed by atoms with Gasteiger partial charge < -0.3 is 5.32 Å². The molecule has 0 bridgehead atoms. The van der Waals surface area contributed by atoms with Gasteiger partial charge in [-0.2, -0.15) is 0 Å². The van der Waals surface area contributed by atoms with E-state index >= 15 is 0 Å². The van der Waals surface area contributed by atoms with Gasteiger partial charge in [-0.25, -0.2) is 8.42 Å². The van der Waals surface area contributed by atoms with Crippen molar-refractivity contribution < 1.29 is 8.42 Å². The molecule has 0 aliphatic rings. The standard InChI is InChI=1S/C15H16N2O3S2/c1-22(19,20)13-7-8-14(15(11-13)17-18)16-9-10-21-12-5-3-2-4-6-12/h2-8,11,16H,9-10H2,1H3. The molecule has 7 heteroatoms. The number of rotatable bonds is 7. The minimum absolute atomic E-state index is 0.0892. The van der Waals surface area contributed by atoms with E-state index in [4.69, 9.17) is 0 Å². The molecular formula is C15H16N2O3S2. The van der Waals surface area contributed by atoms with Crippen molar-refractivity contribution >= 4 is 33.0 Å². The third-order valence-corrected chi connectivity index (χ3v) is 5.05. The molecule has 2 aromatic rings. The van der Waals surface area contributed by atoms with Crippen LogP contribution in [0.4, 0.5) is 11.4 Å². The van der Waals surface area contributed by atoms with Crippen LogP contribution < -0.4 is 5.32 Å². The Kier molecular flexibility index (Phi) is 5.57. The van der Waals surface area contributed by atoms with Gasteiger partial charge in [0.2, 0.25) is 0 Å². The average Bonchev–Trinajstić information content (AvgIpc) is 2.51. The van der Waals surface area contributed by atoms with E-state index < -0.39 is 9.84 Å². The van der Waals surface area contributed by atoms with Crippen LogP contribution in [0.5, 0.6) is 0 Å². The fourth-order valence-electron chi connectivity index (χ4n) is 1.84. The molecule has 0 unspecified atom stereocenters. The molecule has 0 aliphatic heterocycles. The molecule has 5 nitrogen and oxygen atoms in total. The second-order valence-electron chi connectivity index (χ2n) is 4.63. The van der Waals surface area contributed by atoms with Crippen molar-refractivity contribution in [1.82, 2.24) is 0 Å². The van der Waals surface area contributed by atoms with Gasteiger partial charge in [-0.05, 0) is 35.5 Å².